The van der Waals surface area contributed by atoms with E-state index in [0.29, 0.717) is 56.9 Å². The molecule has 0 bridgehead atoms. The molecule has 30 heavy (non-hydrogen) atoms. The minimum absolute atomic E-state index is 0.266. The molecule has 0 saturated carbocycles. The SMILES string of the molecule is CCOC(=O)N1CCN(c2cnc3cc(S(=O)(=O)N4CCCCC4)ccc3n2)CC1. The number of piperidine rings is 1. The van der Waals surface area contributed by atoms with Gasteiger partial charge < -0.3 is 14.5 Å². The average Bonchev–Trinajstić information content (AvgIpc) is 2.79. The van der Waals surface area contributed by atoms with E-state index in [2.05, 4.69) is 14.9 Å². The molecule has 2 aliphatic rings. The molecule has 0 spiro atoms. The van der Waals surface area contributed by atoms with Crippen LogP contribution in [0.15, 0.2) is 29.3 Å². The number of hydrogen-bond donors (Lipinski definition) is 0. The van der Waals surface area contributed by atoms with Gasteiger partial charge in [0.25, 0.3) is 0 Å². The Morgan fingerprint density at radius 2 is 1.77 bits per heavy atom. The quantitative estimate of drug-likeness (QED) is 0.728. The summed E-state index contributed by atoms with van der Waals surface area (Å²) in [5, 5.41) is 0. The van der Waals surface area contributed by atoms with Crippen molar-refractivity contribution >= 4 is 33.0 Å². The van der Waals surface area contributed by atoms with E-state index < -0.39 is 10.0 Å². The molecule has 0 N–H and O–H groups in total. The first kappa shape index (κ1) is 20.8. The number of benzene rings is 1. The Kier molecular flexibility index (Phi) is 6.05. The van der Waals surface area contributed by atoms with E-state index in [4.69, 9.17) is 4.74 Å². The van der Waals surface area contributed by atoms with Crippen LogP contribution in [0.4, 0.5) is 10.6 Å². The Balaban J connectivity index is 1.49. The second-order valence-electron chi connectivity index (χ2n) is 7.52. The van der Waals surface area contributed by atoms with Crippen LogP contribution >= 0.6 is 0 Å². The molecule has 1 aromatic carbocycles. The summed E-state index contributed by atoms with van der Waals surface area (Å²) in [5.74, 6) is 0.720. The Labute approximate surface area is 176 Å². The van der Waals surface area contributed by atoms with Gasteiger partial charge in [0.15, 0.2) is 0 Å². The van der Waals surface area contributed by atoms with Gasteiger partial charge >= 0.3 is 6.09 Å². The molecule has 2 saturated heterocycles. The van der Waals surface area contributed by atoms with Gasteiger partial charge in [0.05, 0.1) is 28.7 Å². The summed E-state index contributed by atoms with van der Waals surface area (Å²) >= 11 is 0. The maximum Gasteiger partial charge on any atom is 0.409 e. The summed E-state index contributed by atoms with van der Waals surface area (Å²) in [7, 11) is -3.50. The first-order valence-corrected chi connectivity index (χ1v) is 11.9. The number of hydrogen-bond acceptors (Lipinski definition) is 7. The largest absolute Gasteiger partial charge is 0.450 e. The van der Waals surface area contributed by atoms with Crippen LogP contribution in [0.3, 0.4) is 0 Å². The third-order valence-electron chi connectivity index (χ3n) is 5.58. The van der Waals surface area contributed by atoms with Gasteiger partial charge in [-0.15, -0.1) is 0 Å². The zero-order valence-electron chi connectivity index (χ0n) is 17.2. The molecule has 1 aromatic heterocycles. The van der Waals surface area contributed by atoms with E-state index in [9.17, 15) is 13.2 Å². The molecule has 0 unspecified atom stereocenters. The molecule has 0 radical (unpaired) electrons. The third kappa shape index (κ3) is 4.20. The number of fused-ring (bicyclic) bond motifs is 1. The lowest BCUT2D eigenvalue weighted by molar-refractivity contribution is 0.105. The molecule has 2 fully saturated rings. The average molecular weight is 434 g/mol. The number of aromatic nitrogens is 2. The molecular formula is C20H27N5O4S. The zero-order chi connectivity index (χ0) is 21.1. The van der Waals surface area contributed by atoms with E-state index in [0.717, 1.165) is 25.1 Å². The van der Waals surface area contributed by atoms with Gasteiger partial charge in [-0.05, 0) is 38.0 Å². The summed E-state index contributed by atoms with van der Waals surface area (Å²) in [6, 6.07) is 4.94. The Morgan fingerprint density at radius 3 is 2.47 bits per heavy atom. The number of amides is 1. The molecule has 10 heteroatoms. The van der Waals surface area contributed by atoms with Gasteiger partial charge in [0, 0.05) is 39.3 Å². The lowest BCUT2D eigenvalue weighted by Crippen LogP contribution is -2.49. The second-order valence-corrected chi connectivity index (χ2v) is 9.45. The predicted octanol–water partition coefficient (Wildman–Crippen LogP) is 2.08. The van der Waals surface area contributed by atoms with Crippen LogP contribution in [0.5, 0.6) is 0 Å². The highest BCUT2D eigenvalue weighted by molar-refractivity contribution is 7.89. The Bertz CT molecular complexity index is 1020. The van der Waals surface area contributed by atoms with Crippen molar-refractivity contribution in [3.05, 3.63) is 24.4 Å². The van der Waals surface area contributed by atoms with E-state index in [1.807, 2.05) is 0 Å². The van der Waals surface area contributed by atoms with E-state index in [1.165, 1.54) is 0 Å². The van der Waals surface area contributed by atoms with Crippen molar-refractivity contribution in [2.75, 3.05) is 50.8 Å². The molecule has 2 aromatic rings. The predicted molar refractivity (Wildman–Crippen MR) is 113 cm³/mol. The summed E-state index contributed by atoms with van der Waals surface area (Å²) in [6.07, 6.45) is 4.26. The Morgan fingerprint density at radius 1 is 1.03 bits per heavy atom. The van der Waals surface area contributed by atoms with Crippen molar-refractivity contribution < 1.29 is 17.9 Å². The standard InChI is InChI=1S/C20H27N5O4S/c1-2-29-20(26)24-12-10-23(11-13-24)19-15-21-18-14-16(6-7-17(18)22-19)30(27,28)25-8-4-3-5-9-25/h6-7,14-15H,2-5,8-13H2,1H3. The van der Waals surface area contributed by atoms with Crippen molar-refractivity contribution in [2.45, 2.75) is 31.1 Å². The van der Waals surface area contributed by atoms with Crippen LogP contribution in [0.1, 0.15) is 26.2 Å². The molecule has 3 heterocycles. The van der Waals surface area contributed by atoms with Crippen molar-refractivity contribution in [1.29, 1.82) is 0 Å². The smallest absolute Gasteiger partial charge is 0.409 e. The van der Waals surface area contributed by atoms with Crippen LogP contribution in [0.25, 0.3) is 11.0 Å². The maximum absolute atomic E-state index is 12.9. The van der Waals surface area contributed by atoms with E-state index >= 15 is 0 Å². The number of sulfonamides is 1. The van der Waals surface area contributed by atoms with Crippen LogP contribution in [0, 0.1) is 0 Å². The number of rotatable bonds is 4. The number of carbonyl (C=O) groups is 1. The molecular weight excluding hydrogens is 406 g/mol. The maximum atomic E-state index is 12.9. The number of carbonyl (C=O) groups excluding carboxylic acids is 1. The van der Waals surface area contributed by atoms with E-state index in [-0.39, 0.29) is 11.0 Å². The first-order valence-electron chi connectivity index (χ1n) is 10.4. The fourth-order valence-electron chi connectivity index (χ4n) is 3.88. The minimum atomic E-state index is -3.50. The van der Waals surface area contributed by atoms with Gasteiger partial charge in [-0.2, -0.15) is 4.31 Å². The van der Waals surface area contributed by atoms with Crippen molar-refractivity contribution in [2.24, 2.45) is 0 Å². The molecule has 9 nitrogen and oxygen atoms in total. The van der Waals surface area contributed by atoms with Gasteiger partial charge in [0.1, 0.15) is 5.82 Å². The fraction of sp³-hybridized carbons (Fsp3) is 0.550. The zero-order valence-corrected chi connectivity index (χ0v) is 18.0. The molecule has 0 aliphatic carbocycles. The summed E-state index contributed by atoms with van der Waals surface area (Å²) in [6.45, 7) is 5.70. The third-order valence-corrected chi connectivity index (χ3v) is 7.48. The molecule has 162 valence electrons. The van der Waals surface area contributed by atoms with Gasteiger partial charge in [-0.3, -0.25) is 4.98 Å². The number of nitrogens with zero attached hydrogens (tertiary/aromatic N) is 5. The highest BCUT2D eigenvalue weighted by Gasteiger charge is 2.27. The fourth-order valence-corrected chi connectivity index (χ4v) is 5.42. The summed E-state index contributed by atoms with van der Waals surface area (Å²) in [5.41, 5.74) is 1.21. The molecule has 2 aliphatic heterocycles. The Hall–Kier alpha value is -2.46. The van der Waals surface area contributed by atoms with E-state index in [1.54, 1.807) is 40.5 Å². The minimum Gasteiger partial charge on any atom is -0.450 e. The van der Waals surface area contributed by atoms with Crippen molar-refractivity contribution in [3.63, 3.8) is 0 Å². The number of piperazine rings is 1. The summed E-state index contributed by atoms with van der Waals surface area (Å²) in [4.78, 5) is 25.0. The first-order chi connectivity index (χ1) is 14.5. The highest BCUT2D eigenvalue weighted by atomic mass is 32.2. The van der Waals surface area contributed by atoms with Crippen LogP contribution in [0.2, 0.25) is 0 Å². The summed E-state index contributed by atoms with van der Waals surface area (Å²) < 4.78 is 32.4. The number of anilines is 1. The van der Waals surface area contributed by atoms with Gasteiger partial charge in [-0.25, -0.2) is 18.2 Å². The highest BCUT2D eigenvalue weighted by Crippen LogP contribution is 2.24. The number of ether oxygens (including phenoxy) is 1. The van der Waals surface area contributed by atoms with Crippen LogP contribution < -0.4 is 4.90 Å². The van der Waals surface area contributed by atoms with Gasteiger partial charge in [0.2, 0.25) is 10.0 Å². The van der Waals surface area contributed by atoms with Crippen LogP contribution in [-0.2, 0) is 14.8 Å². The monoisotopic (exact) mass is 433 g/mol. The normalized spacial score (nSPS) is 18.6. The molecule has 1 amide bonds. The van der Waals surface area contributed by atoms with Crippen LogP contribution in [-0.4, -0.2) is 79.6 Å². The lowest BCUT2D eigenvalue weighted by Gasteiger charge is -2.34. The molecule has 4 rings (SSSR count). The molecule has 0 atom stereocenters. The van der Waals surface area contributed by atoms with Crippen molar-refractivity contribution in [3.8, 4) is 0 Å². The van der Waals surface area contributed by atoms with Gasteiger partial charge in [-0.1, -0.05) is 6.42 Å². The lowest BCUT2D eigenvalue weighted by atomic mass is 10.2. The van der Waals surface area contributed by atoms with Crippen molar-refractivity contribution in [1.82, 2.24) is 19.2 Å². The topological polar surface area (TPSA) is 95.9 Å². The second kappa shape index (κ2) is 8.73.